The van der Waals surface area contributed by atoms with Crippen LogP contribution in [-0.4, -0.2) is 31.2 Å². The summed E-state index contributed by atoms with van der Waals surface area (Å²) in [6.07, 6.45) is 0. The largest absolute Gasteiger partial charge is 0.463 e. The average molecular weight is 267 g/mol. The second-order valence-corrected chi connectivity index (χ2v) is 5.38. The van der Waals surface area contributed by atoms with Crippen molar-refractivity contribution in [3.63, 3.8) is 0 Å². The molecule has 5 heteroatoms. The molecule has 1 aromatic heterocycles. The molecule has 108 valence electrons. The van der Waals surface area contributed by atoms with Crippen molar-refractivity contribution in [1.82, 2.24) is 10.6 Å². The molecule has 5 nitrogen and oxygen atoms in total. The number of rotatable bonds is 5. The van der Waals surface area contributed by atoms with Crippen molar-refractivity contribution in [2.45, 2.75) is 33.3 Å². The Morgan fingerprint density at radius 3 is 2.58 bits per heavy atom. The molecule has 0 aliphatic rings. The van der Waals surface area contributed by atoms with E-state index < -0.39 is 5.60 Å². The minimum absolute atomic E-state index is 0.331. The summed E-state index contributed by atoms with van der Waals surface area (Å²) in [7, 11) is 1.71. The second kappa shape index (κ2) is 6.61. The van der Waals surface area contributed by atoms with Crippen LogP contribution in [0.5, 0.6) is 0 Å². The second-order valence-electron chi connectivity index (χ2n) is 5.38. The molecule has 1 heterocycles. The first kappa shape index (κ1) is 15.6. The van der Waals surface area contributed by atoms with E-state index in [-0.39, 0.29) is 0 Å². The minimum atomic E-state index is -1.07. The molecule has 0 amide bonds. The summed E-state index contributed by atoms with van der Waals surface area (Å²) in [5.74, 6) is 2.55. The molecule has 3 N–H and O–H groups in total. The lowest BCUT2D eigenvalue weighted by molar-refractivity contribution is 0.0378. The Hall–Kier alpha value is -1.49. The lowest BCUT2D eigenvalue weighted by Crippen LogP contribution is -2.45. The van der Waals surface area contributed by atoms with Gasteiger partial charge in [-0.05, 0) is 31.9 Å². The van der Waals surface area contributed by atoms with Gasteiger partial charge in [0.05, 0.1) is 6.54 Å². The molecule has 0 aromatic carbocycles. The Kier molecular flexibility index (Phi) is 5.42. The van der Waals surface area contributed by atoms with Crippen molar-refractivity contribution in [3.8, 4) is 0 Å². The molecular formula is C14H25N3O2. The van der Waals surface area contributed by atoms with Gasteiger partial charge in [-0.2, -0.15) is 0 Å². The summed E-state index contributed by atoms with van der Waals surface area (Å²) in [6.45, 7) is 8.99. The summed E-state index contributed by atoms with van der Waals surface area (Å²) >= 11 is 0. The number of aryl methyl sites for hydroxylation is 1. The zero-order chi connectivity index (χ0) is 14.5. The quantitative estimate of drug-likeness (QED) is 0.560. The highest BCUT2D eigenvalue weighted by atomic mass is 16.4. The van der Waals surface area contributed by atoms with Crippen molar-refractivity contribution in [3.05, 3.63) is 23.7 Å². The molecule has 1 rings (SSSR count). The summed E-state index contributed by atoms with van der Waals surface area (Å²) < 4.78 is 5.46. The van der Waals surface area contributed by atoms with Crippen LogP contribution >= 0.6 is 0 Å². The Bertz CT molecular complexity index is 422. The van der Waals surface area contributed by atoms with Crippen LogP contribution in [0.1, 0.15) is 32.3 Å². The Balaban J connectivity index is 2.54. The van der Waals surface area contributed by atoms with E-state index in [0.29, 0.717) is 24.2 Å². The molecule has 0 fully saturated rings. The first-order valence-electron chi connectivity index (χ1n) is 6.59. The molecule has 0 aliphatic carbocycles. The van der Waals surface area contributed by atoms with E-state index in [4.69, 9.17) is 4.42 Å². The van der Waals surface area contributed by atoms with Gasteiger partial charge in [0.25, 0.3) is 0 Å². The van der Waals surface area contributed by atoms with Crippen LogP contribution < -0.4 is 10.6 Å². The maximum absolute atomic E-state index is 10.4. The maximum Gasteiger partial charge on any atom is 0.191 e. The monoisotopic (exact) mass is 267 g/mol. The zero-order valence-corrected chi connectivity index (χ0v) is 12.4. The third kappa shape index (κ3) is 4.95. The lowest BCUT2D eigenvalue weighted by atomic mass is 10.0. The first-order valence-corrected chi connectivity index (χ1v) is 6.59. The molecule has 0 radical (unpaired) electrons. The van der Waals surface area contributed by atoms with Gasteiger partial charge in [-0.15, -0.1) is 0 Å². The van der Waals surface area contributed by atoms with E-state index in [0.717, 1.165) is 12.3 Å². The van der Waals surface area contributed by atoms with Crippen LogP contribution in [0, 0.1) is 12.8 Å². The SMILES string of the molecule is CN=C(NCC(C)C)NCC(C)(O)c1ccc(C)o1. The molecule has 1 aromatic rings. The van der Waals surface area contributed by atoms with Crippen LogP contribution in [-0.2, 0) is 5.60 Å². The van der Waals surface area contributed by atoms with E-state index in [2.05, 4.69) is 29.5 Å². The molecule has 0 saturated heterocycles. The van der Waals surface area contributed by atoms with Gasteiger partial charge >= 0.3 is 0 Å². The van der Waals surface area contributed by atoms with Gasteiger partial charge in [-0.3, -0.25) is 4.99 Å². The van der Waals surface area contributed by atoms with Crippen molar-refractivity contribution in [2.75, 3.05) is 20.1 Å². The van der Waals surface area contributed by atoms with Gasteiger partial charge in [0.1, 0.15) is 17.1 Å². The van der Waals surface area contributed by atoms with Crippen LogP contribution in [0.2, 0.25) is 0 Å². The number of aliphatic imine (C=N–C) groups is 1. The number of furan rings is 1. The fourth-order valence-electron chi connectivity index (χ4n) is 1.59. The molecule has 0 bridgehead atoms. The van der Waals surface area contributed by atoms with Gasteiger partial charge in [0, 0.05) is 13.6 Å². The lowest BCUT2D eigenvalue weighted by Gasteiger charge is -2.23. The van der Waals surface area contributed by atoms with Crippen LogP contribution in [0.3, 0.4) is 0 Å². The highest BCUT2D eigenvalue weighted by Crippen LogP contribution is 2.21. The van der Waals surface area contributed by atoms with Crippen molar-refractivity contribution in [2.24, 2.45) is 10.9 Å². The first-order chi connectivity index (χ1) is 8.85. The van der Waals surface area contributed by atoms with E-state index in [1.807, 2.05) is 13.0 Å². The fraction of sp³-hybridized carbons (Fsp3) is 0.643. The Labute approximate surface area is 115 Å². The molecular weight excluding hydrogens is 242 g/mol. The molecule has 0 aliphatic heterocycles. The predicted molar refractivity (Wildman–Crippen MR) is 77.2 cm³/mol. The van der Waals surface area contributed by atoms with E-state index >= 15 is 0 Å². The zero-order valence-electron chi connectivity index (χ0n) is 12.4. The van der Waals surface area contributed by atoms with Crippen molar-refractivity contribution >= 4 is 5.96 Å². The van der Waals surface area contributed by atoms with Gasteiger partial charge in [0.2, 0.25) is 0 Å². The highest BCUT2D eigenvalue weighted by molar-refractivity contribution is 5.79. The van der Waals surface area contributed by atoms with E-state index in [9.17, 15) is 5.11 Å². The molecule has 1 unspecified atom stereocenters. The summed E-state index contributed by atoms with van der Waals surface area (Å²) in [5, 5.41) is 16.7. The van der Waals surface area contributed by atoms with E-state index in [1.54, 1.807) is 20.0 Å². The summed E-state index contributed by atoms with van der Waals surface area (Å²) in [5.41, 5.74) is -1.07. The topological polar surface area (TPSA) is 69.8 Å². The third-order valence-electron chi connectivity index (χ3n) is 2.77. The van der Waals surface area contributed by atoms with Gasteiger partial charge in [0.15, 0.2) is 5.96 Å². The van der Waals surface area contributed by atoms with Gasteiger partial charge in [-0.25, -0.2) is 0 Å². The van der Waals surface area contributed by atoms with Crippen LogP contribution in [0.25, 0.3) is 0 Å². The number of nitrogens with zero attached hydrogens (tertiary/aromatic N) is 1. The molecule has 19 heavy (non-hydrogen) atoms. The number of hydrogen-bond donors (Lipinski definition) is 3. The van der Waals surface area contributed by atoms with Gasteiger partial charge in [-0.1, -0.05) is 13.8 Å². The van der Waals surface area contributed by atoms with Crippen molar-refractivity contribution < 1.29 is 9.52 Å². The molecule has 0 saturated carbocycles. The molecule has 0 spiro atoms. The van der Waals surface area contributed by atoms with E-state index in [1.165, 1.54) is 0 Å². The standard InChI is InChI=1S/C14H25N3O2/c1-10(2)8-16-13(15-5)17-9-14(4,18)12-7-6-11(3)19-12/h6-7,10,18H,8-9H2,1-5H3,(H2,15,16,17). The normalized spacial score (nSPS) is 15.4. The average Bonchev–Trinajstić information content (AvgIpc) is 2.76. The van der Waals surface area contributed by atoms with Gasteiger partial charge < -0.3 is 20.2 Å². The summed E-state index contributed by atoms with van der Waals surface area (Å²) in [4.78, 5) is 4.11. The third-order valence-corrected chi connectivity index (χ3v) is 2.77. The fourth-order valence-corrected chi connectivity index (χ4v) is 1.59. The predicted octanol–water partition coefficient (Wildman–Crippen LogP) is 1.62. The number of hydrogen-bond acceptors (Lipinski definition) is 3. The van der Waals surface area contributed by atoms with Crippen LogP contribution in [0.4, 0.5) is 0 Å². The van der Waals surface area contributed by atoms with Crippen molar-refractivity contribution in [1.29, 1.82) is 0 Å². The summed E-state index contributed by atoms with van der Waals surface area (Å²) in [6, 6.07) is 3.64. The Morgan fingerprint density at radius 1 is 1.42 bits per heavy atom. The molecule has 1 atom stereocenters. The number of nitrogens with one attached hydrogen (secondary N) is 2. The number of aliphatic hydroxyl groups is 1. The Morgan fingerprint density at radius 2 is 2.11 bits per heavy atom. The number of guanidine groups is 1. The minimum Gasteiger partial charge on any atom is -0.463 e. The smallest absolute Gasteiger partial charge is 0.191 e. The highest BCUT2D eigenvalue weighted by Gasteiger charge is 2.26. The van der Waals surface area contributed by atoms with Crippen LogP contribution in [0.15, 0.2) is 21.5 Å². The maximum atomic E-state index is 10.4.